The SMILES string of the molecule is c1ccc(-c2cc(-c3ccc4c(c3)c3ccccc3c3nccnc43)ccc2-c2ccc3c4ccccc4c4ccccc4c3c2)cc1. The standard InChI is InChI=1S/C46H28N2/c1-2-10-29(11-3-1)42-26-30(31-19-23-41-44(27-31)38-16-8-9-17-40(38)45-46(41)48-25-24-47-45)18-21-33(42)32-20-22-39-36-14-5-4-12-34(36)35-13-6-7-15-37(35)43(39)28-32/h1-28H. The topological polar surface area (TPSA) is 25.8 Å². The first-order valence-corrected chi connectivity index (χ1v) is 16.4. The molecule has 1 heterocycles. The second kappa shape index (κ2) is 10.6. The number of rotatable bonds is 3. The van der Waals surface area contributed by atoms with E-state index in [4.69, 9.17) is 9.97 Å². The summed E-state index contributed by atoms with van der Waals surface area (Å²) >= 11 is 0. The molecular weight excluding hydrogens is 581 g/mol. The number of aromatic nitrogens is 2. The van der Waals surface area contributed by atoms with Gasteiger partial charge in [-0.2, -0.15) is 0 Å². The normalized spacial score (nSPS) is 11.8. The van der Waals surface area contributed by atoms with Crippen molar-refractivity contribution in [1.29, 1.82) is 0 Å². The van der Waals surface area contributed by atoms with Crippen LogP contribution in [0.4, 0.5) is 0 Å². The Bertz CT molecular complexity index is 2820. The van der Waals surface area contributed by atoms with Crippen molar-refractivity contribution < 1.29 is 0 Å². The van der Waals surface area contributed by atoms with Crippen molar-refractivity contribution in [1.82, 2.24) is 9.97 Å². The van der Waals surface area contributed by atoms with Gasteiger partial charge in [-0.15, -0.1) is 0 Å². The van der Waals surface area contributed by atoms with Gasteiger partial charge >= 0.3 is 0 Å². The van der Waals surface area contributed by atoms with Gasteiger partial charge < -0.3 is 0 Å². The van der Waals surface area contributed by atoms with E-state index in [1.807, 2.05) is 0 Å². The van der Waals surface area contributed by atoms with Crippen LogP contribution in [0.25, 0.3) is 98.3 Å². The predicted octanol–water partition coefficient (Wildman–Crippen LogP) is 12.4. The summed E-state index contributed by atoms with van der Waals surface area (Å²) in [6.07, 6.45) is 3.56. The Morgan fingerprint density at radius 1 is 0.250 bits per heavy atom. The van der Waals surface area contributed by atoms with Gasteiger partial charge in [-0.05, 0) is 94.7 Å². The summed E-state index contributed by atoms with van der Waals surface area (Å²) in [7, 11) is 0. The lowest BCUT2D eigenvalue weighted by Crippen LogP contribution is -1.91. The van der Waals surface area contributed by atoms with Gasteiger partial charge in [0.05, 0.1) is 11.0 Å². The molecule has 0 atom stereocenters. The van der Waals surface area contributed by atoms with E-state index < -0.39 is 0 Å². The molecular formula is C46H28N2. The second-order valence-electron chi connectivity index (χ2n) is 12.5. The Labute approximate surface area is 277 Å². The molecule has 10 rings (SSSR count). The summed E-state index contributed by atoms with van der Waals surface area (Å²) in [6, 6.07) is 57.5. The summed E-state index contributed by atoms with van der Waals surface area (Å²) in [5.74, 6) is 0. The van der Waals surface area contributed by atoms with Gasteiger partial charge in [-0.3, -0.25) is 9.97 Å². The smallest absolute Gasteiger partial charge is 0.0971 e. The highest BCUT2D eigenvalue weighted by atomic mass is 14.8. The highest BCUT2D eigenvalue weighted by molar-refractivity contribution is 6.26. The molecule has 10 aromatic rings. The lowest BCUT2D eigenvalue weighted by atomic mass is 9.88. The third-order valence-corrected chi connectivity index (χ3v) is 9.94. The fourth-order valence-electron chi connectivity index (χ4n) is 7.72. The van der Waals surface area contributed by atoms with Gasteiger partial charge in [0.25, 0.3) is 0 Å². The van der Waals surface area contributed by atoms with E-state index in [1.54, 1.807) is 12.4 Å². The van der Waals surface area contributed by atoms with Crippen LogP contribution in [-0.4, -0.2) is 9.97 Å². The van der Waals surface area contributed by atoms with Crippen LogP contribution in [0.2, 0.25) is 0 Å². The van der Waals surface area contributed by atoms with Crippen LogP contribution in [-0.2, 0) is 0 Å². The fraction of sp³-hybridized carbons (Fsp3) is 0. The van der Waals surface area contributed by atoms with Gasteiger partial charge in [0.1, 0.15) is 0 Å². The molecule has 0 radical (unpaired) electrons. The Morgan fingerprint density at radius 3 is 1.33 bits per heavy atom. The highest BCUT2D eigenvalue weighted by Gasteiger charge is 2.15. The molecule has 0 N–H and O–H groups in total. The van der Waals surface area contributed by atoms with Crippen LogP contribution in [0.3, 0.4) is 0 Å². The second-order valence-corrected chi connectivity index (χ2v) is 12.5. The van der Waals surface area contributed by atoms with Crippen molar-refractivity contribution in [3.8, 4) is 33.4 Å². The molecule has 0 amide bonds. The summed E-state index contributed by atoms with van der Waals surface area (Å²) in [5, 5.41) is 12.4. The molecule has 0 aliphatic heterocycles. The zero-order valence-electron chi connectivity index (χ0n) is 26.1. The first-order chi connectivity index (χ1) is 23.8. The molecule has 0 spiro atoms. The summed E-state index contributed by atoms with van der Waals surface area (Å²) in [5.41, 5.74) is 9.09. The monoisotopic (exact) mass is 608 g/mol. The van der Waals surface area contributed by atoms with Gasteiger partial charge in [0, 0.05) is 23.2 Å². The van der Waals surface area contributed by atoms with E-state index >= 15 is 0 Å². The number of hydrogen-bond acceptors (Lipinski definition) is 2. The molecule has 0 aliphatic rings. The first kappa shape index (κ1) is 26.8. The van der Waals surface area contributed by atoms with E-state index in [0.29, 0.717) is 0 Å². The van der Waals surface area contributed by atoms with Crippen LogP contribution >= 0.6 is 0 Å². The number of fused-ring (bicyclic) bond motifs is 12. The molecule has 2 nitrogen and oxygen atoms in total. The van der Waals surface area contributed by atoms with E-state index in [1.165, 1.54) is 76.5 Å². The van der Waals surface area contributed by atoms with Crippen molar-refractivity contribution in [2.45, 2.75) is 0 Å². The Kier molecular flexibility index (Phi) is 5.91. The molecule has 1 aromatic heterocycles. The Balaban J connectivity index is 1.20. The Hall–Kier alpha value is -6.38. The third-order valence-electron chi connectivity index (χ3n) is 9.94. The molecule has 0 aliphatic carbocycles. The van der Waals surface area contributed by atoms with Gasteiger partial charge in [-0.1, -0.05) is 140 Å². The summed E-state index contributed by atoms with van der Waals surface area (Å²) in [6.45, 7) is 0. The Morgan fingerprint density at radius 2 is 0.667 bits per heavy atom. The molecule has 0 unspecified atom stereocenters. The number of hydrogen-bond donors (Lipinski definition) is 0. The highest BCUT2D eigenvalue weighted by Crippen LogP contribution is 2.41. The molecule has 9 aromatic carbocycles. The van der Waals surface area contributed by atoms with Gasteiger partial charge in [0.2, 0.25) is 0 Å². The first-order valence-electron chi connectivity index (χ1n) is 16.4. The molecule has 0 bridgehead atoms. The molecule has 2 heteroatoms. The van der Waals surface area contributed by atoms with Crippen LogP contribution in [0.15, 0.2) is 170 Å². The largest absolute Gasteiger partial charge is 0.252 e. The average molecular weight is 609 g/mol. The lowest BCUT2D eigenvalue weighted by Gasteiger charge is -2.16. The summed E-state index contributed by atoms with van der Waals surface area (Å²) < 4.78 is 0. The quantitative estimate of drug-likeness (QED) is 0.187. The minimum absolute atomic E-state index is 0.940. The zero-order valence-corrected chi connectivity index (χ0v) is 26.1. The van der Waals surface area contributed by atoms with Crippen molar-refractivity contribution in [3.63, 3.8) is 0 Å². The molecule has 222 valence electrons. The maximum atomic E-state index is 4.76. The lowest BCUT2D eigenvalue weighted by molar-refractivity contribution is 1.31. The number of nitrogens with zero attached hydrogens (tertiary/aromatic N) is 2. The van der Waals surface area contributed by atoms with Crippen molar-refractivity contribution in [2.75, 3.05) is 0 Å². The number of benzene rings is 9. The van der Waals surface area contributed by atoms with E-state index in [9.17, 15) is 0 Å². The summed E-state index contributed by atoms with van der Waals surface area (Å²) in [4.78, 5) is 9.47. The van der Waals surface area contributed by atoms with E-state index in [-0.39, 0.29) is 0 Å². The van der Waals surface area contributed by atoms with Crippen molar-refractivity contribution >= 4 is 64.9 Å². The van der Waals surface area contributed by atoms with E-state index in [2.05, 4.69) is 158 Å². The maximum Gasteiger partial charge on any atom is 0.0971 e. The van der Waals surface area contributed by atoms with Crippen LogP contribution in [0, 0.1) is 0 Å². The van der Waals surface area contributed by atoms with Gasteiger partial charge in [0.15, 0.2) is 0 Å². The van der Waals surface area contributed by atoms with Crippen LogP contribution < -0.4 is 0 Å². The minimum Gasteiger partial charge on any atom is -0.252 e. The fourth-order valence-corrected chi connectivity index (χ4v) is 7.72. The third kappa shape index (κ3) is 4.06. The maximum absolute atomic E-state index is 4.76. The van der Waals surface area contributed by atoms with Gasteiger partial charge in [-0.25, -0.2) is 0 Å². The van der Waals surface area contributed by atoms with Crippen molar-refractivity contribution in [3.05, 3.63) is 170 Å². The molecule has 0 saturated heterocycles. The molecule has 0 saturated carbocycles. The predicted molar refractivity (Wildman–Crippen MR) is 203 cm³/mol. The van der Waals surface area contributed by atoms with Crippen LogP contribution in [0.5, 0.6) is 0 Å². The zero-order chi connectivity index (χ0) is 31.6. The minimum atomic E-state index is 0.940. The van der Waals surface area contributed by atoms with Crippen molar-refractivity contribution in [2.24, 2.45) is 0 Å². The molecule has 48 heavy (non-hydrogen) atoms. The molecule has 0 fully saturated rings. The van der Waals surface area contributed by atoms with Crippen LogP contribution in [0.1, 0.15) is 0 Å². The van der Waals surface area contributed by atoms with E-state index in [0.717, 1.165) is 21.8 Å². The average Bonchev–Trinajstić information content (AvgIpc) is 3.18.